The van der Waals surface area contributed by atoms with E-state index in [-0.39, 0.29) is 5.25 Å². The van der Waals surface area contributed by atoms with Gasteiger partial charge in [-0.3, -0.25) is 5.10 Å². The van der Waals surface area contributed by atoms with Gasteiger partial charge in [-0.1, -0.05) is 37.1 Å². The van der Waals surface area contributed by atoms with Crippen LogP contribution >= 0.6 is 0 Å². The first-order valence-corrected chi connectivity index (χ1v) is 11.9. The number of sulfone groups is 1. The number of nitrogens with one attached hydrogen (secondary N) is 1. The van der Waals surface area contributed by atoms with Gasteiger partial charge in [-0.05, 0) is 48.7 Å². The third-order valence-electron chi connectivity index (χ3n) is 6.04. The predicted molar refractivity (Wildman–Crippen MR) is 121 cm³/mol. The standard InChI is InChI=1S/C24H23N3O3S/c1-30-22-9-5-4-8-20(22)23-21-14-17(15-25-24(21)27-26-23)16-10-12-19(13-11-16)31(28,29)18-6-2-3-7-18/h4-5,8-15,18H,2-3,6-7H2,1H3,(H,25,26,27). The number of methoxy groups -OCH3 is 1. The van der Waals surface area contributed by atoms with Gasteiger partial charge in [0.2, 0.25) is 0 Å². The quantitative estimate of drug-likeness (QED) is 0.478. The summed E-state index contributed by atoms with van der Waals surface area (Å²) < 4.78 is 31.2. The zero-order valence-electron chi connectivity index (χ0n) is 17.2. The van der Waals surface area contributed by atoms with Gasteiger partial charge < -0.3 is 4.74 Å². The highest BCUT2D eigenvalue weighted by Gasteiger charge is 2.30. The average molecular weight is 434 g/mol. The second kappa shape index (κ2) is 7.81. The Balaban J connectivity index is 1.52. The number of hydrogen-bond donors (Lipinski definition) is 1. The fourth-order valence-corrected chi connectivity index (χ4v) is 6.19. The first-order chi connectivity index (χ1) is 15.1. The van der Waals surface area contributed by atoms with E-state index < -0.39 is 9.84 Å². The molecule has 7 heteroatoms. The summed E-state index contributed by atoms with van der Waals surface area (Å²) in [4.78, 5) is 4.91. The number of aromatic amines is 1. The molecule has 4 aromatic rings. The summed E-state index contributed by atoms with van der Waals surface area (Å²) in [6, 6.07) is 16.9. The lowest BCUT2D eigenvalue weighted by atomic mass is 10.0. The summed E-state index contributed by atoms with van der Waals surface area (Å²) in [6.07, 6.45) is 5.28. The summed E-state index contributed by atoms with van der Waals surface area (Å²) in [6.45, 7) is 0. The summed E-state index contributed by atoms with van der Waals surface area (Å²) in [5, 5.41) is 8.07. The summed E-state index contributed by atoms with van der Waals surface area (Å²) in [5.74, 6) is 0.739. The van der Waals surface area contributed by atoms with Crippen molar-refractivity contribution < 1.29 is 13.2 Å². The first kappa shape index (κ1) is 19.8. The van der Waals surface area contributed by atoms with Crippen LogP contribution in [0.15, 0.2) is 65.7 Å². The molecule has 0 saturated heterocycles. The van der Waals surface area contributed by atoms with Crippen LogP contribution in [0.1, 0.15) is 25.7 Å². The van der Waals surface area contributed by atoms with Gasteiger partial charge in [-0.15, -0.1) is 0 Å². The van der Waals surface area contributed by atoms with Gasteiger partial charge in [0.1, 0.15) is 11.4 Å². The molecule has 0 radical (unpaired) electrons. The number of pyridine rings is 1. The Labute approximate surface area is 181 Å². The minimum Gasteiger partial charge on any atom is -0.496 e. The van der Waals surface area contributed by atoms with E-state index in [1.807, 2.05) is 42.5 Å². The van der Waals surface area contributed by atoms with Crippen molar-refractivity contribution in [1.82, 2.24) is 15.2 Å². The van der Waals surface area contributed by atoms with Crippen LogP contribution in [0.4, 0.5) is 0 Å². The average Bonchev–Trinajstić information content (AvgIpc) is 3.49. The molecule has 1 aliphatic rings. The number of nitrogens with zero attached hydrogens (tertiary/aromatic N) is 2. The van der Waals surface area contributed by atoms with Crippen molar-refractivity contribution in [2.24, 2.45) is 0 Å². The summed E-state index contributed by atoms with van der Waals surface area (Å²) in [7, 11) is -1.62. The SMILES string of the molecule is COc1ccccc1-c1n[nH]c2ncc(-c3ccc(S(=O)(=O)C4CCCC4)cc3)cc12. The van der Waals surface area contributed by atoms with Gasteiger partial charge >= 0.3 is 0 Å². The Morgan fingerprint density at radius 1 is 1.00 bits per heavy atom. The van der Waals surface area contributed by atoms with Gasteiger partial charge in [0.25, 0.3) is 0 Å². The number of ether oxygens (including phenoxy) is 1. The predicted octanol–water partition coefficient (Wildman–Crippen LogP) is 5.02. The fourth-order valence-electron chi connectivity index (χ4n) is 4.34. The molecular formula is C24H23N3O3S. The Bertz CT molecular complexity index is 1340. The molecule has 1 saturated carbocycles. The number of para-hydroxylation sites is 1. The molecule has 0 bridgehead atoms. The number of fused-ring (bicyclic) bond motifs is 1. The lowest BCUT2D eigenvalue weighted by Gasteiger charge is -2.11. The van der Waals surface area contributed by atoms with Crippen molar-refractivity contribution in [3.8, 4) is 28.1 Å². The van der Waals surface area contributed by atoms with Gasteiger partial charge in [0.15, 0.2) is 15.5 Å². The highest BCUT2D eigenvalue weighted by atomic mass is 32.2. The molecular weight excluding hydrogens is 410 g/mol. The Morgan fingerprint density at radius 3 is 2.48 bits per heavy atom. The monoisotopic (exact) mass is 433 g/mol. The third-order valence-corrected chi connectivity index (χ3v) is 8.31. The van der Waals surface area contributed by atoms with Crippen LogP contribution < -0.4 is 4.74 Å². The highest BCUT2D eigenvalue weighted by Crippen LogP contribution is 2.35. The topological polar surface area (TPSA) is 84.9 Å². The summed E-state index contributed by atoms with van der Waals surface area (Å²) >= 11 is 0. The lowest BCUT2D eigenvalue weighted by molar-refractivity contribution is 0.416. The van der Waals surface area contributed by atoms with E-state index in [2.05, 4.69) is 15.2 Å². The smallest absolute Gasteiger partial charge is 0.181 e. The Kier molecular flexibility index (Phi) is 4.98. The van der Waals surface area contributed by atoms with Crippen molar-refractivity contribution in [2.75, 3.05) is 7.11 Å². The lowest BCUT2D eigenvalue weighted by Crippen LogP contribution is -2.17. The van der Waals surface area contributed by atoms with Crippen LogP contribution in [0.2, 0.25) is 0 Å². The van der Waals surface area contributed by atoms with Crippen molar-refractivity contribution in [2.45, 2.75) is 35.8 Å². The van der Waals surface area contributed by atoms with Gasteiger partial charge in [0, 0.05) is 22.7 Å². The number of hydrogen-bond acceptors (Lipinski definition) is 5. The number of rotatable bonds is 5. The third kappa shape index (κ3) is 3.49. The van der Waals surface area contributed by atoms with E-state index in [9.17, 15) is 8.42 Å². The molecule has 2 heterocycles. The van der Waals surface area contributed by atoms with Crippen LogP contribution in [-0.4, -0.2) is 36.0 Å². The summed E-state index contributed by atoms with van der Waals surface area (Å²) in [5.41, 5.74) is 4.14. The van der Waals surface area contributed by atoms with Crippen LogP contribution in [0.3, 0.4) is 0 Å². The molecule has 6 nitrogen and oxygen atoms in total. The number of aromatic nitrogens is 3. The molecule has 0 unspecified atom stereocenters. The number of H-pyrrole nitrogens is 1. The molecule has 0 aliphatic heterocycles. The highest BCUT2D eigenvalue weighted by molar-refractivity contribution is 7.92. The van der Waals surface area contributed by atoms with Crippen LogP contribution in [0, 0.1) is 0 Å². The zero-order valence-corrected chi connectivity index (χ0v) is 18.0. The maximum atomic E-state index is 12.8. The zero-order chi connectivity index (χ0) is 21.4. The maximum absolute atomic E-state index is 12.8. The number of benzene rings is 2. The van der Waals surface area contributed by atoms with E-state index in [1.165, 1.54) is 0 Å². The molecule has 31 heavy (non-hydrogen) atoms. The molecule has 2 aromatic heterocycles. The minimum atomic E-state index is -3.26. The van der Waals surface area contributed by atoms with Crippen molar-refractivity contribution in [1.29, 1.82) is 0 Å². The minimum absolute atomic E-state index is 0.245. The Hall–Kier alpha value is -3.19. The molecule has 1 aliphatic carbocycles. The second-order valence-electron chi connectivity index (χ2n) is 7.87. The van der Waals surface area contributed by atoms with Gasteiger partial charge in [-0.2, -0.15) is 5.10 Å². The molecule has 1 fully saturated rings. The molecule has 158 valence electrons. The van der Waals surface area contributed by atoms with E-state index in [4.69, 9.17) is 4.74 Å². The largest absolute Gasteiger partial charge is 0.496 e. The maximum Gasteiger partial charge on any atom is 0.181 e. The van der Waals surface area contributed by atoms with E-state index in [1.54, 1.807) is 25.4 Å². The normalized spacial score (nSPS) is 14.9. The van der Waals surface area contributed by atoms with Crippen LogP contribution in [0.25, 0.3) is 33.4 Å². The van der Waals surface area contributed by atoms with Gasteiger partial charge in [-0.25, -0.2) is 13.4 Å². The van der Waals surface area contributed by atoms with E-state index >= 15 is 0 Å². The van der Waals surface area contributed by atoms with Gasteiger partial charge in [0.05, 0.1) is 17.3 Å². The van der Waals surface area contributed by atoms with Crippen molar-refractivity contribution >= 4 is 20.9 Å². The first-order valence-electron chi connectivity index (χ1n) is 10.4. The van der Waals surface area contributed by atoms with Crippen LogP contribution in [0.5, 0.6) is 5.75 Å². The molecule has 0 amide bonds. The molecule has 2 aromatic carbocycles. The van der Waals surface area contributed by atoms with E-state index in [0.717, 1.165) is 59.2 Å². The Morgan fingerprint density at radius 2 is 1.74 bits per heavy atom. The van der Waals surface area contributed by atoms with Crippen molar-refractivity contribution in [3.05, 3.63) is 60.8 Å². The molecule has 1 N–H and O–H groups in total. The second-order valence-corrected chi connectivity index (χ2v) is 10.1. The van der Waals surface area contributed by atoms with E-state index in [0.29, 0.717) is 10.5 Å². The van der Waals surface area contributed by atoms with Crippen LogP contribution in [-0.2, 0) is 9.84 Å². The molecule has 0 spiro atoms. The molecule has 0 atom stereocenters. The molecule has 5 rings (SSSR count). The van der Waals surface area contributed by atoms with Crippen molar-refractivity contribution in [3.63, 3.8) is 0 Å². The fraction of sp³-hybridized carbons (Fsp3) is 0.250.